The highest BCUT2D eigenvalue weighted by Gasteiger charge is 2.37. The van der Waals surface area contributed by atoms with Crippen LogP contribution in [0.15, 0.2) is 53.3 Å². The molecule has 1 aromatic heterocycles. The van der Waals surface area contributed by atoms with Crippen LogP contribution >= 0.6 is 0 Å². The second kappa shape index (κ2) is 6.90. The number of hydrogen-bond donors (Lipinski definition) is 2. The van der Waals surface area contributed by atoms with E-state index in [1.54, 1.807) is 0 Å². The lowest BCUT2D eigenvalue weighted by molar-refractivity contribution is -0.144. The van der Waals surface area contributed by atoms with Crippen molar-refractivity contribution in [3.05, 3.63) is 64.4 Å². The number of ether oxygens (including phenoxy) is 1. The Labute approximate surface area is 166 Å². The molecule has 0 unspecified atom stereocenters. The van der Waals surface area contributed by atoms with Crippen LogP contribution in [0.5, 0.6) is 0 Å². The van der Waals surface area contributed by atoms with Crippen LogP contribution in [0.2, 0.25) is 0 Å². The van der Waals surface area contributed by atoms with E-state index >= 15 is 0 Å². The maximum atomic E-state index is 13.3. The highest BCUT2D eigenvalue weighted by atomic mass is 19.4. The van der Waals surface area contributed by atoms with E-state index in [9.17, 15) is 27.6 Å². The number of nitrogens with zero attached hydrogens (tertiary/aromatic N) is 1. The summed E-state index contributed by atoms with van der Waals surface area (Å²) >= 11 is 0. The van der Waals surface area contributed by atoms with Gasteiger partial charge in [-0.25, -0.2) is 9.59 Å². The molecule has 154 valence electrons. The Balaban J connectivity index is 1.78. The number of aromatic amines is 1. The van der Waals surface area contributed by atoms with Gasteiger partial charge in [0.25, 0.3) is 5.56 Å². The van der Waals surface area contributed by atoms with Crippen LogP contribution in [0.1, 0.15) is 5.56 Å². The Hall–Kier alpha value is -3.82. The largest absolute Gasteiger partial charge is 0.478 e. The number of aromatic nitrogens is 1. The zero-order valence-electron chi connectivity index (χ0n) is 15.1. The number of fused-ring (bicyclic) bond motifs is 1. The van der Waals surface area contributed by atoms with Gasteiger partial charge < -0.3 is 14.8 Å². The SMILES string of the molecule is O=C(O)[C@@H]1CN(c2ccc3cc(-c4ccccc4C(F)(F)F)[nH]c(=O)c3c2)C(=O)O1. The summed E-state index contributed by atoms with van der Waals surface area (Å²) in [4.78, 5) is 39.1. The smallest absolute Gasteiger partial charge is 0.417 e. The predicted molar refractivity (Wildman–Crippen MR) is 100 cm³/mol. The highest BCUT2D eigenvalue weighted by Crippen LogP contribution is 2.36. The molecule has 7 nitrogen and oxygen atoms in total. The fourth-order valence-electron chi connectivity index (χ4n) is 3.33. The predicted octanol–water partition coefficient (Wildman–Crippen LogP) is 3.62. The molecule has 1 saturated heterocycles. The molecule has 30 heavy (non-hydrogen) atoms. The second-order valence-electron chi connectivity index (χ2n) is 6.65. The van der Waals surface area contributed by atoms with Crippen molar-refractivity contribution in [3.63, 3.8) is 0 Å². The van der Waals surface area contributed by atoms with Crippen molar-refractivity contribution in [2.45, 2.75) is 12.3 Å². The number of alkyl halides is 3. The molecule has 2 heterocycles. The maximum Gasteiger partial charge on any atom is 0.417 e. The van der Waals surface area contributed by atoms with Crippen LogP contribution in [0.4, 0.5) is 23.7 Å². The minimum Gasteiger partial charge on any atom is -0.478 e. The van der Waals surface area contributed by atoms with Gasteiger partial charge in [0.1, 0.15) is 0 Å². The van der Waals surface area contributed by atoms with Gasteiger partial charge in [0.2, 0.25) is 6.10 Å². The van der Waals surface area contributed by atoms with E-state index in [4.69, 9.17) is 9.84 Å². The number of H-pyrrole nitrogens is 1. The first-order chi connectivity index (χ1) is 14.1. The first-order valence-electron chi connectivity index (χ1n) is 8.70. The first-order valence-corrected chi connectivity index (χ1v) is 8.70. The van der Waals surface area contributed by atoms with Crippen molar-refractivity contribution in [3.8, 4) is 11.3 Å². The van der Waals surface area contributed by atoms with Crippen LogP contribution in [0.25, 0.3) is 22.0 Å². The molecule has 1 aliphatic rings. The number of anilines is 1. The van der Waals surface area contributed by atoms with E-state index in [0.29, 0.717) is 5.39 Å². The second-order valence-corrected chi connectivity index (χ2v) is 6.65. The molecule has 3 aromatic rings. The molecule has 0 bridgehead atoms. The summed E-state index contributed by atoms with van der Waals surface area (Å²) in [5, 5.41) is 9.48. The number of carbonyl (C=O) groups excluding carboxylic acids is 1. The number of carboxylic acid groups (broad SMARTS) is 1. The van der Waals surface area contributed by atoms with E-state index in [2.05, 4.69) is 4.98 Å². The number of benzene rings is 2. The van der Waals surface area contributed by atoms with Crippen molar-refractivity contribution in [2.75, 3.05) is 11.4 Å². The topological polar surface area (TPSA) is 99.7 Å². The van der Waals surface area contributed by atoms with Crippen LogP contribution in [0.3, 0.4) is 0 Å². The van der Waals surface area contributed by atoms with Crippen molar-refractivity contribution >= 4 is 28.5 Å². The lowest BCUT2D eigenvalue weighted by Gasteiger charge is -2.15. The van der Waals surface area contributed by atoms with E-state index in [1.165, 1.54) is 42.5 Å². The van der Waals surface area contributed by atoms with Crippen molar-refractivity contribution in [1.29, 1.82) is 0 Å². The number of amides is 1. The van der Waals surface area contributed by atoms with Crippen LogP contribution < -0.4 is 10.5 Å². The van der Waals surface area contributed by atoms with Crippen LogP contribution in [-0.4, -0.2) is 34.8 Å². The Bertz CT molecular complexity index is 1240. The van der Waals surface area contributed by atoms with Crippen LogP contribution in [0, 0.1) is 0 Å². The van der Waals surface area contributed by atoms with Crippen LogP contribution in [-0.2, 0) is 15.7 Å². The van der Waals surface area contributed by atoms with E-state index < -0.39 is 35.5 Å². The molecule has 1 fully saturated rings. The number of rotatable bonds is 3. The minimum absolute atomic E-state index is 0.000279. The van der Waals surface area contributed by atoms with Crippen molar-refractivity contribution < 1.29 is 32.6 Å². The molecule has 10 heteroatoms. The van der Waals surface area contributed by atoms with E-state index in [1.807, 2.05) is 0 Å². The molecule has 1 amide bonds. The maximum absolute atomic E-state index is 13.3. The zero-order chi connectivity index (χ0) is 21.6. The molecule has 4 rings (SSSR count). The fourth-order valence-corrected chi connectivity index (χ4v) is 3.33. The quantitative estimate of drug-likeness (QED) is 0.677. The number of hydrogen-bond acceptors (Lipinski definition) is 4. The van der Waals surface area contributed by atoms with Gasteiger partial charge in [-0.15, -0.1) is 0 Å². The van der Waals surface area contributed by atoms with E-state index in [-0.39, 0.29) is 28.9 Å². The summed E-state index contributed by atoms with van der Waals surface area (Å²) in [7, 11) is 0. The Morgan fingerprint density at radius 3 is 2.53 bits per heavy atom. The Kier molecular flexibility index (Phi) is 4.49. The number of nitrogens with one attached hydrogen (secondary N) is 1. The lowest BCUT2D eigenvalue weighted by Crippen LogP contribution is -2.27. The molecular weight excluding hydrogens is 405 g/mol. The molecule has 2 aromatic carbocycles. The van der Waals surface area contributed by atoms with E-state index in [0.717, 1.165) is 11.0 Å². The number of cyclic esters (lactones) is 1. The molecule has 1 atom stereocenters. The number of pyridine rings is 1. The van der Waals surface area contributed by atoms with Gasteiger partial charge in [0.05, 0.1) is 12.1 Å². The third-order valence-corrected chi connectivity index (χ3v) is 4.75. The van der Waals surface area contributed by atoms with Crippen molar-refractivity contribution in [2.24, 2.45) is 0 Å². The average Bonchev–Trinajstić information content (AvgIpc) is 3.09. The fraction of sp³-hybridized carbons (Fsp3) is 0.150. The molecule has 0 spiro atoms. The minimum atomic E-state index is -4.59. The van der Waals surface area contributed by atoms with Gasteiger partial charge in [-0.2, -0.15) is 13.2 Å². The number of halogens is 3. The summed E-state index contributed by atoms with van der Waals surface area (Å²) in [6, 6.07) is 10.6. The lowest BCUT2D eigenvalue weighted by atomic mass is 10.0. The molecule has 0 aliphatic carbocycles. The molecule has 0 radical (unpaired) electrons. The van der Waals surface area contributed by atoms with Gasteiger partial charge in [-0.05, 0) is 29.7 Å². The monoisotopic (exact) mass is 418 g/mol. The third-order valence-electron chi connectivity index (χ3n) is 4.75. The summed E-state index contributed by atoms with van der Waals surface area (Å²) in [6.07, 6.45) is -6.79. The third kappa shape index (κ3) is 3.36. The standard InChI is InChI=1S/C20H13F3N2O5/c21-20(22,23)14-4-2-1-3-12(14)15-7-10-5-6-11(8-13(10)17(26)24-15)25-9-16(18(27)28)30-19(25)29/h1-8,16H,9H2,(H,24,26)(H,27,28)/t16-/m0/s1. The highest BCUT2D eigenvalue weighted by molar-refractivity contribution is 5.97. The summed E-state index contributed by atoms with van der Waals surface area (Å²) in [6.45, 7) is -0.228. The summed E-state index contributed by atoms with van der Waals surface area (Å²) < 4.78 is 44.7. The number of carboxylic acids is 1. The normalized spacial score (nSPS) is 16.7. The van der Waals surface area contributed by atoms with Gasteiger partial charge in [-0.3, -0.25) is 9.69 Å². The molecule has 0 saturated carbocycles. The summed E-state index contributed by atoms with van der Waals surface area (Å²) in [5.41, 5.74) is -1.45. The Morgan fingerprint density at radius 1 is 1.13 bits per heavy atom. The molecule has 1 aliphatic heterocycles. The average molecular weight is 418 g/mol. The van der Waals surface area contributed by atoms with Gasteiger partial charge in [0, 0.05) is 22.3 Å². The zero-order valence-corrected chi connectivity index (χ0v) is 15.1. The van der Waals surface area contributed by atoms with Gasteiger partial charge >= 0.3 is 18.2 Å². The van der Waals surface area contributed by atoms with Gasteiger partial charge in [-0.1, -0.05) is 24.3 Å². The number of aliphatic carboxylic acids is 1. The Morgan fingerprint density at radius 2 is 1.87 bits per heavy atom. The summed E-state index contributed by atoms with van der Waals surface area (Å²) in [5.74, 6) is -1.29. The molecule has 2 N–H and O–H groups in total. The molecular formula is C20H13F3N2O5. The number of carbonyl (C=O) groups is 2. The van der Waals surface area contributed by atoms with Gasteiger partial charge in [0.15, 0.2) is 0 Å². The first kappa shape index (κ1) is 19.5. The van der Waals surface area contributed by atoms with Crippen molar-refractivity contribution in [1.82, 2.24) is 4.98 Å².